The summed E-state index contributed by atoms with van der Waals surface area (Å²) in [5.41, 5.74) is 1.08. The summed E-state index contributed by atoms with van der Waals surface area (Å²) in [7, 11) is -3.60. The zero-order valence-corrected chi connectivity index (χ0v) is 13.0. The SMILES string of the molecule is Cc1cccc(OCCNS(=O)(=O)c2ccnc(Cl)c2)c1. The quantitative estimate of drug-likeness (QED) is 0.654. The molecule has 0 aliphatic carbocycles. The highest BCUT2D eigenvalue weighted by molar-refractivity contribution is 7.89. The van der Waals surface area contributed by atoms with Gasteiger partial charge in [-0.2, -0.15) is 0 Å². The molecule has 5 nitrogen and oxygen atoms in total. The topological polar surface area (TPSA) is 68.3 Å². The fraction of sp³-hybridized carbons (Fsp3) is 0.214. The normalized spacial score (nSPS) is 11.3. The van der Waals surface area contributed by atoms with Crippen molar-refractivity contribution in [1.29, 1.82) is 0 Å². The summed E-state index contributed by atoms with van der Waals surface area (Å²) in [6.45, 7) is 2.36. The van der Waals surface area contributed by atoms with Crippen molar-refractivity contribution in [1.82, 2.24) is 9.71 Å². The summed E-state index contributed by atoms with van der Waals surface area (Å²) in [5.74, 6) is 0.709. The van der Waals surface area contributed by atoms with Crippen LogP contribution in [0.5, 0.6) is 5.75 Å². The largest absolute Gasteiger partial charge is 0.492 e. The van der Waals surface area contributed by atoms with Gasteiger partial charge >= 0.3 is 0 Å². The predicted molar refractivity (Wildman–Crippen MR) is 81.1 cm³/mol. The molecule has 0 fully saturated rings. The molecule has 0 amide bonds. The highest BCUT2D eigenvalue weighted by Gasteiger charge is 2.13. The van der Waals surface area contributed by atoms with Crippen molar-refractivity contribution in [3.05, 3.63) is 53.3 Å². The molecule has 0 spiro atoms. The molecule has 7 heteroatoms. The van der Waals surface area contributed by atoms with Crippen LogP contribution in [0.4, 0.5) is 0 Å². The molecule has 2 rings (SSSR count). The van der Waals surface area contributed by atoms with Crippen LogP contribution in [-0.4, -0.2) is 26.6 Å². The van der Waals surface area contributed by atoms with Crippen LogP contribution in [0.15, 0.2) is 47.5 Å². The number of nitrogens with zero attached hydrogens (tertiary/aromatic N) is 1. The molecule has 1 N–H and O–H groups in total. The van der Waals surface area contributed by atoms with Gasteiger partial charge in [-0.25, -0.2) is 18.1 Å². The third-order valence-electron chi connectivity index (χ3n) is 2.66. The van der Waals surface area contributed by atoms with Gasteiger partial charge in [0, 0.05) is 12.7 Å². The number of aromatic nitrogens is 1. The predicted octanol–water partition coefficient (Wildman–Crippen LogP) is 2.40. The van der Waals surface area contributed by atoms with Crippen molar-refractivity contribution in [3.8, 4) is 5.75 Å². The molecule has 1 heterocycles. The Balaban J connectivity index is 1.88. The van der Waals surface area contributed by atoms with E-state index >= 15 is 0 Å². The van der Waals surface area contributed by atoms with E-state index in [0.717, 1.165) is 5.56 Å². The van der Waals surface area contributed by atoms with E-state index in [-0.39, 0.29) is 23.2 Å². The van der Waals surface area contributed by atoms with Crippen LogP contribution in [0, 0.1) is 6.92 Å². The van der Waals surface area contributed by atoms with Crippen molar-refractivity contribution in [2.24, 2.45) is 0 Å². The fourth-order valence-corrected chi connectivity index (χ4v) is 2.95. The number of benzene rings is 1. The summed E-state index contributed by atoms with van der Waals surface area (Å²) < 4.78 is 31.9. The number of aryl methyl sites for hydroxylation is 1. The summed E-state index contributed by atoms with van der Waals surface area (Å²) in [4.78, 5) is 3.83. The number of hydrogen-bond donors (Lipinski definition) is 1. The fourth-order valence-electron chi connectivity index (χ4n) is 1.69. The Hall–Kier alpha value is -1.63. The third kappa shape index (κ3) is 4.70. The molecule has 0 aliphatic heterocycles. The van der Waals surface area contributed by atoms with E-state index in [2.05, 4.69) is 9.71 Å². The summed E-state index contributed by atoms with van der Waals surface area (Å²) in [6, 6.07) is 10.2. The number of sulfonamides is 1. The van der Waals surface area contributed by atoms with Gasteiger partial charge < -0.3 is 4.74 Å². The van der Waals surface area contributed by atoms with Gasteiger partial charge in [-0.1, -0.05) is 23.7 Å². The number of nitrogens with one attached hydrogen (secondary N) is 1. The number of halogens is 1. The molecule has 0 saturated carbocycles. The molecule has 0 unspecified atom stereocenters. The molecular formula is C14H15ClN2O3S. The molecular weight excluding hydrogens is 312 g/mol. The van der Waals surface area contributed by atoms with Gasteiger partial charge in [0.15, 0.2) is 0 Å². The van der Waals surface area contributed by atoms with Gasteiger partial charge in [0.2, 0.25) is 10.0 Å². The van der Waals surface area contributed by atoms with Gasteiger partial charge in [-0.15, -0.1) is 0 Å². The van der Waals surface area contributed by atoms with Gasteiger partial charge in [0.1, 0.15) is 17.5 Å². The zero-order valence-electron chi connectivity index (χ0n) is 11.4. The van der Waals surface area contributed by atoms with E-state index in [0.29, 0.717) is 5.75 Å². The molecule has 0 aliphatic rings. The first kappa shape index (κ1) is 15.8. The molecule has 0 saturated heterocycles. The van der Waals surface area contributed by atoms with Gasteiger partial charge in [0.05, 0.1) is 4.90 Å². The Labute approximate surface area is 129 Å². The van der Waals surface area contributed by atoms with E-state index in [1.165, 1.54) is 18.3 Å². The first-order chi connectivity index (χ1) is 9.97. The summed E-state index contributed by atoms with van der Waals surface area (Å²) >= 11 is 5.68. The molecule has 1 aromatic heterocycles. The lowest BCUT2D eigenvalue weighted by Crippen LogP contribution is -2.28. The van der Waals surface area contributed by atoms with Crippen molar-refractivity contribution >= 4 is 21.6 Å². The molecule has 2 aromatic rings. The number of ether oxygens (including phenoxy) is 1. The maximum absolute atomic E-state index is 12.0. The molecule has 0 bridgehead atoms. The van der Waals surface area contributed by atoms with Crippen LogP contribution < -0.4 is 9.46 Å². The third-order valence-corrected chi connectivity index (χ3v) is 4.33. The molecule has 1 aromatic carbocycles. The first-order valence-electron chi connectivity index (χ1n) is 6.28. The first-order valence-corrected chi connectivity index (χ1v) is 8.14. The van der Waals surface area contributed by atoms with Crippen LogP contribution in [0.25, 0.3) is 0 Å². The van der Waals surface area contributed by atoms with Crippen molar-refractivity contribution in [2.45, 2.75) is 11.8 Å². The number of hydrogen-bond acceptors (Lipinski definition) is 4. The average Bonchev–Trinajstić information content (AvgIpc) is 2.44. The zero-order chi connectivity index (χ0) is 15.3. The Morgan fingerprint density at radius 1 is 1.29 bits per heavy atom. The van der Waals surface area contributed by atoms with E-state index in [1.807, 2.05) is 31.2 Å². The highest BCUT2D eigenvalue weighted by atomic mass is 35.5. The van der Waals surface area contributed by atoms with Gasteiger partial charge in [-0.3, -0.25) is 0 Å². The molecule has 21 heavy (non-hydrogen) atoms. The number of pyridine rings is 1. The monoisotopic (exact) mass is 326 g/mol. The second-order valence-electron chi connectivity index (χ2n) is 4.38. The minimum atomic E-state index is -3.60. The van der Waals surface area contributed by atoms with E-state index in [1.54, 1.807) is 0 Å². The summed E-state index contributed by atoms with van der Waals surface area (Å²) in [6.07, 6.45) is 1.35. The lowest BCUT2D eigenvalue weighted by molar-refractivity contribution is 0.322. The van der Waals surface area contributed by atoms with Crippen LogP contribution >= 0.6 is 11.6 Å². The molecule has 0 atom stereocenters. The van der Waals surface area contributed by atoms with Crippen LogP contribution in [0.1, 0.15) is 5.56 Å². The second kappa shape index (κ2) is 6.89. The van der Waals surface area contributed by atoms with E-state index in [9.17, 15) is 8.42 Å². The van der Waals surface area contributed by atoms with Crippen LogP contribution in [-0.2, 0) is 10.0 Å². The van der Waals surface area contributed by atoms with Gasteiger partial charge in [-0.05, 0) is 36.8 Å². The average molecular weight is 327 g/mol. The van der Waals surface area contributed by atoms with Crippen molar-refractivity contribution < 1.29 is 13.2 Å². The minimum Gasteiger partial charge on any atom is -0.492 e. The molecule has 0 radical (unpaired) electrons. The second-order valence-corrected chi connectivity index (χ2v) is 6.53. The standard InChI is InChI=1S/C14H15ClN2O3S/c1-11-3-2-4-12(9-11)20-8-7-17-21(18,19)13-5-6-16-14(15)10-13/h2-6,9-10,17H,7-8H2,1H3. The molecule has 112 valence electrons. The maximum atomic E-state index is 12.0. The van der Waals surface area contributed by atoms with Crippen LogP contribution in [0.2, 0.25) is 5.15 Å². The highest BCUT2D eigenvalue weighted by Crippen LogP contribution is 2.13. The summed E-state index contributed by atoms with van der Waals surface area (Å²) in [5, 5.41) is 0.133. The van der Waals surface area contributed by atoms with E-state index in [4.69, 9.17) is 16.3 Å². The number of rotatable bonds is 6. The Kier molecular flexibility index (Phi) is 5.17. The maximum Gasteiger partial charge on any atom is 0.240 e. The van der Waals surface area contributed by atoms with Crippen LogP contribution in [0.3, 0.4) is 0 Å². The lowest BCUT2D eigenvalue weighted by atomic mass is 10.2. The van der Waals surface area contributed by atoms with Crippen molar-refractivity contribution in [2.75, 3.05) is 13.2 Å². The Morgan fingerprint density at radius 3 is 2.81 bits per heavy atom. The van der Waals surface area contributed by atoms with E-state index < -0.39 is 10.0 Å². The lowest BCUT2D eigenvalue weighted by Gasteiger charge is -2.09. The Bertz CT molecular complexity index is 720. The van der Waals surface area contributed by atoms with Crippen molar-refractivity contribution in [3.63, 3.8) is 0 Å². The minimum absolute atomic E-state index is 0.0815. The smallest absolute Gasteiger partial charge is 0.240 e. The van der Waals surface area contributed by atoms with Gasteiger partial charge in [0.25, 0.3) is 0 Å². The Morgan fingerprint density at radius 2 is 2.10 bits per heavy atom.